The molecule has 0 spiro atoms. The Morgan fingerprint density at radius 1 is 0.200 bits per heavy atom. The van der Waals surface area contributed by atoms with Crippen molar-refractivity contribution in [1.82, 2.24) is 0 Å². The van der Waals surface area contributed by atoms with Gasteiger partial charge < -0.3 is 19.6 Å². The van der Waals surface area contributed by atoms with Gasteiger partial charge in [0.2, 0.25) is 0 Å². The Kier molecular flexibility index (Phi) is 16.0. The van der Waals surface area contributed by atoms with Crippen LogP contribution in [0.5, 0.6) is 0 Å². The molecule has 0 N–H and O–H groups in total. The lowest BCUT2D eigenvalue weighted by Crippen LogP contribution is -2.18. The Morgan fingerprint density at radius 3 is 0.518 bits per heavy atom. The van der Waals surface area contributed by atoms with Crippen LogP contribution in [0.3, 0.4) is 0 Å². The van der Waals surface area contributed by atoms with Gasteiger partial charge in [0.1, 0.15) is 0 Å². The molecule has 0 fully saturated rings. The average molecular weight is 1200 g/mol. The van der Waals surface area contributed by atoms with E-state index in [-0.39, 0.29) is 84.9 Å². The number of nitrogens with zero attached hydrogens (tertiary/aromatic N) is 4. The highest BCUT2D eigenvalue weighted by atomic mass is 19.4. The van der Waals surface area contributed by atoms with Crippen LogP contribution in [0.15, 0.2) is 200 Å². The van der Waals surface area contributed by atoms with Crippen LogP contribution < -0.4 is 19.6 Å². The molecule has 0 aromatic heterocycles. The van der Waals surface area contributed by atoms with E-state index in [0.717, 1.165) is 124 Å². The maximum absolute atomic E-state index is 14.2. The van der Waals surface area contributed by atoms with E-state index in [1.165, 1.54) is 91.0 Å². The minimum absolute atomic E-state index is 0.0506. The molecule has 0 heterocycles. The molecule has 0 aliphatic rings. The van der Waals surface area contributed by atoms with Crippen LogP contribution in [-0.4, -0.2) is 0 Å². The van der Waals surface area contributed by atoms with E-state index in [4.69, 9.17) is 0 Å². The molecule has 0 saturated carbocycles. The third-order valence-electron chi connectivity index (χ3n) is 13.6. The molecule has 440 valence electrons. The molecule has 85 heavy (non-hydrogen) atoms. The first-order valence-corrected chi connectivity index (χ1v) is 25.2. The van der Waals surface area contributed by atoms with Gasteiger partial charge in [-0.15, -0.1) is 0 Å². The van der Waals surface area contributed by atoms with Crippen molar-refractivity contribution in [2.24, 2.45) is 0 Å². The largest absolute Gasteiger partial charge is 0.416 e. The highest BCUT2D eigenvalue weighted by molar-refractivity contribution is 5.89. The van der Waals surface area contributed by atoms with E-state index < -0.39 is 70.4 Å². The summed E-state index contributed by atoms with van der Waals surface area (Å²) in [7, 11) is 0. The first-order chi connectivity index (χ1) is 39.7. The molecule has 9 aromatic carbocycles. The molecule has 0 amide bonds. The monoisotopic (exact) mass is 1200 g/mol. The van der Waals surface area contributed by atoms with Crippen LogP contribution in [-0.2, 0) is 37.1 Å². The van der Waals surface area contributed by atoms with Crippen molar-refractivity contribution in [2.45, 2.75) is 57.8 Å². The molecule has 0 bridgehead atoms. The number of alkyl halides is 18. The highest BCUT2D eigenvalue weighted by Crippen LogP contribution is 2.49. The molecule has 0 aliphatic carbocycles. The average Bonchev–Trinajstić information content (AvgIpc) is 1.20. The van der Waals surface area contributed by atoms with Crippen molar-refractivity contribution in [3.63, 3.8) is 0 Å². The van der Waals surface area contributed by atoms with Gasteiger partial charge in [0.05, 0.1) is 33.4 Å². The summed E-state index contributed by atoms with van der Waals surface area (Å²) in [6, 6.07) is 36.1. The van der Waals surface area contributed by atoms with Crippen LogP contribution in [0, 0.1) is 20.8 Å². The van der Waals surface area contributed by atoms with Crippen LogP contribution in [0.2, 0.25) is 0 Å². The Labute approximate surface area is 473 Å². The Morgan fingerprint density at radius 2 is 0.365 bits per heavy atom. The topological polar surface area (TPSA) is 13.0 Å². The van der Waals surface area contributed by atoms with Gasteiger partial charge in [-0.1, -0.05) is 36.4 Å². The smallest absolute Gasteiger partial charge is 0.310 e. The zero-order valence-electron chi connectivity index (χ0n) is 44.1. The summed E-state index contributed by atoms with van der Waals surface area (Å²) in [4.78, 5) is 5.11. The molecular formula is C63H42F18N4. The fourth-order valence-electron chi connectivity index (χ4n) is 9.75. The van der Waals surface area contributed by atoms with Crippen molar-refractivity contribution in [2.75, 3.05) is 19.6 Å². The minimum atomic E-state index is -4.88. The van der Waals surface area contributed by atoms with Crippen molar-refractivity contribution < 1.29 is 79.0 Å². The lowest BCUT2D eigenvalue weighted by Gasteiger charge is -2.33. The van der Waals surface area contributed by atoms with Gasteiger partial charge in [-0.2, -0.15) is 79.0 Å². The van der Waals surface area contributed by atoms with Gasteiger partial charge in [-0.3, -0.25) is 0 Å². The summed E-state index contributed by atoms with van der Waals surface area (Å²) in [5, 5.41) is 0. The summed E-state index contributed by atoms with van der Waals surface area (Å²) in [5.41, 5.74) is -6.18. The molecule has 0 aliphatic heterocycles. The molecule has 9 rings (SSSR count). The van der Waals surface area contributed by atoms with Gasteiger partial charge in [0.15, 0.2) is 0 Å². The van der Waals surface area contributed by atoms with Crippen molar-refractivity contribution in [3.05, 3.63) is 250 Å². The molecule has 4 nitrogen and oxygen atoms in total. The Hall–Kier alpha value is -9.08. The standard InChI is InChI=1S/C63H42F18N4/c1-37-28-52(82(46-16-4-10-40(31-46)58(64,65)66)47-17-5-11-41(32-47)59(67,68)69)22-25-55(37)85(56-26-23-53(29-38(56)2)83(48-18-6-12-42(33-48)60(70,71)72)49-19-7-13-43(34-49)61(73,74)75)57-27-24-54(30-39(57)3)84(50-20-8-14-44(35-50)62(76,77)78)51-21-9-15-45(36-51)63(79,80)81/h4-36H,1-3H3. The summed E-state index contributed by atoms with van der Waals surface area (Å²) >= 11 is 0. The summed E-state index contributed by atoms with van der Waals surface area (Å²) in [6.45, 7) is 4.67. The van der Waals surface area contributed by atoms with Crippen LogP contribution >= 0.6 is 0 Å². The fraction of sp³-hybridized carbons (Fsp3) is 0.143. The van der Waals surface area contributed by atoms with E-state index >= 15 is 0 Å². The summed E-state index contributed by atoms with van der Waals surface area (Å²) < 4.78 is 256. The second-order valence-corrected chi connectivity index (χ2v) is 19.5. The number of hydrogen-bond acceptors (Lipinski definition) is 4. The van der Waals surface area contributed by atoms with Crippen LogP contribution in [0.4, 0.5) is 147 Å². The van der Waals surface area contributed by atoms with Crippen LogP contribution in [0.1, 0.15) is 50.1 Å². The summed E-state index contributed by atoms with van der Waals surface area (Å²) in [5.74, 6) is 0. The van der Waals surface area contributed by atoms with E-state index in [9.17, 15) is 79.0 Å². The zero-order valence-corrected chi connectivity index (χ0v) is 44.1. The number of anilines is 12. The van der Waals surface area contributed by atoms with Gasteiger partial charge in [-0.05, 0) is 201 Å². The second kappa shape index (κ2) is 22.5. The molecule has 0 unspecified atom stereocenters. The van der Waals surface area contributed by atoms with Crippen molar-refractivity contribution in [1.29, 1.82) is 0 Å². The molecule has 0 atom stereocenters. The molecule has 0 radical (unpaired) electrons. The third-order valence-corrected chi connectivity index (χ3v) is 13.6. The fourth-order valence-corrected chi connectivity index (χ4v) is 9.75. The first-order valence-electron chi connectivity index (χ1n) is 25.2. The molecular weight excluding hydrogens is 1150 g/mol. The van der Waals surface area contributed by atoms with Crippen LogP contribution in [0.25, 0.3) is 0 Å². The minimum Gasteiger partial charge on any atom is -0.310 e. The van der Waals surface area contributed by atoms with Gasteiger partial charge in [-0.25, -0.2) is 0 Å². The van der Waals surface area contributed by atoms with Gasteiger partial charge in [0.25, 0.3) is 0 Å². The van der Waals surface area contributed by atoms with Gasteiger partial charge >= 0.3 is 37.1 Å². The SMILES string of the molecule is Cc1cc(N(c2cccc(C(F)(F)F)c2)c2cccc(C(F)(F)F)c2)ccc1N(c1ccc(N(c2cccc(C(F)(F)F)c2)c2cccc(C(F)(F)F)c2)cc1C)c1ccc(N(c2cccc(C(F)(F)F)c2)c2cccc(C(F)(F)F)c2)cc1C. The van der Waals surface area contributed by atoms with E-state index in [1.807, 2.05) is 0 Å². The maximum atomic E-state index is 14.2. The number of halogens is 18. The number of benzene rings is 9. The van der Waals surface area contributed by atoms with Gasteiger partial charge in [0, 0.05) is 68.2 Å². The van der Waals surface area contributed by atoms with E-state index in [1.54, 1.807) is 25.7 Å². The third kappa shape index (κ3) is 13.2. The number of aryl methyl sites for hydroxylation is 3. The number of rotatable bonds is 12. The second-order valence-electron chi connectivity index (χ2n) is 19.5. The lowest BCUT2D eigenvalue weighted by molar-refractivity contribution is -0.138. The van der Waals surface area contributed by atoms with E-state index in [0.29, 0.717) is 0 Å². The predicted molar refractivity (Wildman–Crippen MR) is 289 cm³/mol. The summed E-state index contributed by atoms with van der Waals surface area (Å²) in [6.07, 6.45) is -29.3. The first kappa shape index (κ1) is 60.5. The van der Waals surface area contributed by atoms with E-state index in [2.05, 4.69) is 0 Å². The lowest BCUT2D eigenvalue weighted by atomic mass is 10.0. The highest BCUT2D eigenvalue weighted by Gasteiger charge is 2.37. The number of hydrogen-bond donors (Lipinski definition) is 0. The predicted octanol–water partition coefficient (Wildman–Crippen LogP) is 22.6. The van der Waals surface area contributed by atoms with Crippen molar-refractivity contribution >= 4 is 68.2 Å². The quantitative estimate of drug-likeness (QED) is 0.113. The zero-order chi connectivity index (χ0) is 61.8. The molecule has 9 aromatic rings. The molecule has 22 heteroatoms. The van der Waals surface area contributed by atoms with Crippen molar-refractivity contribution in [3.8, 4) is 0 Å². The Bertz CT molecular complexity index is 3340. The normalized spacial score (nSPS) is 12.5. The molecule has 0 saturated heterocycles. The maximum Gasteiger partial charge on any atom is 0.416 e. The Balaban J connectivity index is 1.26.